The van der Waals surface area contributed by atoms with Crippen LogP contribution in [-0.4, -0.2) is 5.11 Å². The van der Waals surface area contributed by atoms with Crippen molar-refractivity contribution in [3.63, 3.8) is 0 Å². The number of halogens is 2. The predicted octanol–water partition coefficient (Wildman–Crippen LogP) is 3.95. The zero-order valence-corrected chi connectivity index (χ0v) is 10.3. The Kier molecular flexibility index (Phi) is 2.67. The minimum atomic E-state index is 0.336. The van der Waals surface area contributed by atoms with Gasteiger partial charge >= 0.3 is 0 Å². The van der Waals surface area contributed by atoms with Crippen molar-refractivity contribution in [3.05, 3.63) is 26.6 Å². The normalized spacial score (nSPS) is 10.9. The topological polar surface area (TPSA) is 20.2 Å². The predicted molar refractivity (Wildman–Crippen MR) is 65.8 cm³/mol. The molecule has 0 saturated heterocycles. The highest BCUT2D eigenvalue weighted by molar-refractivity contribution is 14.1. The first kappa shape index (κ1) is 9.55. The highest BCUT2D eigenvalue weighted by Crippen LogP contribution is 2.35. The van der Waals surface area contributed by atoms with Crippen molar-refractivity contribution in [2.75, 3.05) is 0 Å². The first-order valence-electron chi connectivity index (χ1n) is 3.68. The second-order valence-corrected chi connectivity index (χ2v) is 5.88. The Bertz CT molecular complexity index is 452. The van der Waals surface area contributed by atoms with Crippen LogP contribution in [0.2, 0.25) is 0 Å². The van der Waals surface area contributed by atoms with Crippen LogP contribution in [0.25, 0.3) is 10.1 Å². The van der Waals surface area contributed by atoms with Gasteiger partial charge in [-0.3, -0.25) is 0 Å². The van der Waals surface area contributed by atoms with Gasteiger partial charge in [0, 0.05) is 16.0 Å². The van der Waals surface area contributed by atoms with Gasteiger partial charge in [-0.1, -0.05) is 6.07 Å². The van der Waals surface area contributed by atoms with Crippen LogP contribution in [-0.2, 0) is 5.88 Å². The maximum Gasteiger partial charge on any atom is 0.124 e. The Morgan fingerprint density at radius 3 is 2.92 bits per heavy atom. The van der Waals surface area contributed by atoms with E-state index in [0.29, 0.717) is 11.6 Å². The van der Waals surface area contributed by atoms with Gasteiger partial charge in [0.25, 0.3) is 0 Å². The average Bonchev–Trinajstić information content (AvgIpc) is 2.48. The number of phenolic OH excluding ortho intramolecular Hbond substituents is 1. The molecule has 13 heavy (non-hydrogen) atoms. The summed E-state index contributed by atoms with van der Waals surface area (Å²) in [4.78, 5) is 0. The summed E-state index contributed by atoms with van der Waals surface area (Å²) in [6, 6.07) is 5.55. The summed E-state index contributed by atoms with van der Waals surface area (Å²) in [5.41, 5.74) is 1.09. The second kappa shape index (κ2) is 3.63. The molecule has 0 aliphatic heterocycles. The summed E-state index contributed by atoms with van der Waals surface area (Å²) in [6.45, 7) is 0. The Morgan fingerprint density at radius 1 is 1.46 bits per heavy atom. The highest BCUT2D eigenvalue weighted by Gasteiger charge is 2.07. The molecule has 1 nitrogen and oxygen atoms in total. The fourth-order valence-electron chi connectivity index (χ4n) is 1.24. The smallest absolute Gasteiger partial charge is 0.124 e. The lowest BCUT2D eigenvalue weighted by Crippen LogP contribution is -1.76. The van der Waals surface area contributed by atoms with Crippen LogP contribution in [0.15, 0.2) is 18.2 Å². The summed E-state index contributed by atoms with van der Waals surface area (Å²) < 4.78 is 2.26. The molecule has 0 saturated carbocycles. The maximum atomic E-state index is 9.56. The number of alkyl halides is 1. The van der Waals surface area contributed by atoms with E-state index in [-0.39, 0.29) is 0 Å². The third-order valence-corrected chi connectivity index (χ3v) is 4.11. The number of hydrogen-bond donors (Lipinski definition) is 1. The Morgan fingerprint density at radius 2 is 2.23 bits per heavy atom. The van der Waals surface area contributed by atoms with E-state index in [1.54, 1.807) is 17.4 Å². The summed E-state index contributed by atoms with van der Waals surface area (Å²) in [6.07, 6.45) is 0. The number of phenols is 1. The van der Waals surface area contributed by atoms with E-state index in [2.05, 4.69) is 22.6 Å². The number of fused-ring (bicyclic) bond motifs is 1. The lowest BCUT2D eigenvalue weighted by Gasteiger charge is -1.99. The van der Waals surface area contributed by atoms with Crippen molar-refractivity contribution < 1.29 is 5.11 Å². The van der Waals surface area contributed by atoms with Crippen molar-refractivity contribution >= 4 is 55.6 Å². The monoisotopic (exact) mass is 324 g/mol. The quantitative estimate of drug-likeness (QED) is 0.622. The van der Waals surface area contributed by atoms with Gasteiger partial charge in [0.05, 0.1) is 2.88 Å². The third-order valence-electron chi connectivity index (χ3n) is 1.86. The minimum Gasteiger partial charge on any atom is -0.507 e. The van der Waals surface area contributed by atoms with E-state index in [4.69, 9.17) is 11.6 Å². The molecule has 1 aromatic heterocycles. The van der Waals surface area contributed by atoms with Gasteiger partial charge in [0.1, 0.15) is 5.75 Å². The van der Waals surface area contributed by atoms with E-state index in [1.807, 2.05) is 12.1 Å². The van der Waals surface area contributed by atoms with Crippen LogP contribution in [0.5, 0.6) is 5.75 Å². The number of aromatic hydroxyl groups is 1. The van der Waals surface area contributed by atoms with Crippen molar-refractivity contribution in [2.24, 2.45) is 0 Å². The first-order chi connectivity index (χ1) is 6.22. The molecule has 1 heterocycles. The minimum absolute atomic E-state index is 0.336. The molecule has 2 aromatic rings. The van der Waals surface area contributed by atoms with Crippen LogP contribution >= 0.6 is 45.5 Å². The Hall–Kier alpha value is -0.000000000000000111. The summed E-state index contributed by atoms with van der Waals surface area (Å²) in [5, 5.41) is 10.5. The lowest BCUT2D eigenvalue weighted by atomic mass is 10.2. The average molecular weight is 325 g/mol. The molecule has 1 aromatic carbocycles. The van der Waals surface area contributed by atoms with Crippen molar-refractivity contribution in [1.82, 2.24) is 0 Å². The molecule has 1 N–H and O–H groups in total. The van der Waals surface area contributed by atoms with Gasteiger partial charge < -0.3 is 5.11 Å². The molecule has 0 unspecified atom stereocenters. The largest absolute Gasteiger partial charge is 0.507 e. The molecule has 0 aliphatic carbocycles. The van der Waals surface area contributed by atoms with E-state index in [1.165, 1.54) is 2.88 Å². The Balaban J connectivity index is 2.83. The molecule has 68 valence electrons. The molecule has 0 radical (unpaired) electrons. The molecule has 0 amide bonds. The molecule has 0 aliphatic rings. The van der Waals surface area contributed by atoms with Gasteiger partial charge in [-0.15, -0.1) is 22.9 Å². The molecular weight excluding hydrogens is 319 g/mol. The van der Waals surface area contributed by atoms with Gasteiger partial charge in [-0.25, -0.2) is 0 Å². The molecule has 2 rings (SSSR count). The van der Waals surface area contributed by atoms with Crippen LogP contribution < -0.4 is 0 Å². The van der Waals surface area contributed by atoms with Gasteiger partial charge in [-0.05, 0) is 40.3 Å². The van der Waals surface area contributed by atoms with Crippen molar-refractivity contribution in [3.8, 4) is 5.75 Å². The molecule has 0 spiro atoms. The molecule has 0 atom stereocenters. The van der Waals surface area contributed by atoms with Gasteiger partial charge in [0.15, 0.2) is 0 Å². The SMILES string of the molecule is Oc1ccc(CCl)c2sc(I)cc12. The summed E-state index contributed by atoms with van der Waals surface area (Å²) in [7, 11) is 0. The third kappa shape index (κ3) is 1.65. The van der Waals surface area contributed by atoms with E-state index >= 15 is 0 Å². The zero-order valence-electron chi connectivity index (χ0n) is 6.55. The van der Waals surface area contributed by atoms with E-state index < -0.39 is 0 Å². The van der Waals surface area contributed by atoms with Crippen molar-refractivity contribution in [1.29, 1.82) is 0 Å². The molecule has 0 fully saturated rings. The van der Waals surface area contributed by atoms with Crippen LogP contribution in [0.1, 0.15) is 5.56 Å². The van der Waals surface area contributed by atoms with Gasteiger partial charge in [0.2, 0.25) is 0 Å². The summed E-state index contributed by atoms with van der Waals surface area (Å²) >= 11 is 9.70. The first-order valence-corrected chi connectivity index (χ1v) is 6.11. The van der Waals surface area contributed by atoms with E-state index in [0.717, 1.165) is 15.6 Å². The fraction of sp³-hybridized carbons (Fsp3) is 0.111. The highest BCUT2D eigenvalue weighted by atomic mass is 127. The molecule has 0 bridgehead atoms. The van der Waals surface area contributed by atoms with Crippen LogP contribution in [0.4, 0.5) is 0 Å². The molecular formula is C9H6ClIOS. The number of thiophene rings is 1. The fourth-order valence-corrected chi connectivity index (χ4v) is 3.43. The van der Waals surface area contributed by atoms with Gasteiger partial charge in [-0.2, -0.15) is 0 Å². The number of benzene rings is 1. The standard InChI is InChI=1S/C9H6ClIOS/c10-4-5-1-2-7(12)6-3-8(11)13-9(5)6/h1-3,12H,4H2. The maximum absolute atomic E-state index is 9.56. The van der Waals surface area contributed by atoms with Crippen LogP contribution in [0, 0.1) is 2.88 Å². The molecule has 4 heteroatoms. The summed E-state index contributed by atoms with van der Waals surface area (Å²) in [5.74, 6) is 0.830. The van der Waals surface area contributed by atoms with Crippen LogP contribution in [0.3, 0.4) is 0 Å². The zero-order chi connectivity index (χ0) is 9.42. The number of hydrogen-bond acceptors (Lipinski definition) is 2. The second-order valence-electron chi connectivity index (χ2n) is 2.67. The number of rotatable bonds is 1. The van der Waals surface area contributed by atoms with Crippen molar-refractivity contribution in [2.45, 2.75) is 5.88 Å². The van der Waals surface area contributed by atoms with E-state index in [9.17, 15) is 5.11 Å². The lowest BCUT2D eigenvalue weighted by molar-refractivity contribution is 0.481. The Labute approximate surface area is 98.5 Å².